The van der Waals surface area contributed by atoms with E-state index in [1.54, 1.807) is 0 Å². The van der Waals surface area contributed by atoms with Crippen LogP contribution in [-0.2, 0) is 25.9 Å². The first-order valence-corrected chi connectivity index (χ1v) is 28.3. The number of aromatic nitrogens is 5. The minimum atomic E-state index is 0.603. The predicted octanol–water partition coefficient (Wildman–Crippen LogP) is 17.8. The van der Waals surface area contributed by atoms with Gasteiger partial charge in [0.25, 0.3) is 0 Å². The summed E-state index contributed by atoms with van der Waals surface area (Å²) in [7, 11) is 0. The first-order valence-electron chi connectivity index (χ1n) is 28.3. The second-order valence-electron chi connectivity index (χ2n) is 21.5. The quantitative estimate of drug-likeness (QED) is 0.0633. The number of hydrogen-bond donors (Lipinski definition) is 0. The van der Waals surface area contributed by atoms with E-state index >= 15 is 0 Å². The van der Waals surface area contributed by atoms with E-state index in [0.29, 0.717) is 26.3 Å². The number of aryl methyl sites for hydroxylation is 2. The first-order chi connectivity index (χ1) is 39.6. The maximum Gasteiger partial charge on any atom is 0.160 e. The standard InChI is InChI=1S/C73H57N5O2/c1-3-28-66-62(24-1)75-72(77(66)46-48-14-9-22-58(44-48)79-42-7-5-16-50-30-32-56-36-34-52-18-11-20-54-38-40-60(50)70(56)68(52)54)64-26-13-27-65(74-64)73-76-63-25-2-4-29-67(63)78(73)47-49-15-10-23-59(45-49)80-43-8-6-17-51-31-33-57-37-35-53-19-12-21-55-39-41-61(51)71(57)69(53)55/h1-4,9-15,18-41,44-45H,5-8,16-17,42-43,46-47H2. The Kier molecular flexibility index (Phi) is 12.1. The molecule has 7 heteroatoms. The van der Waals surface area contributed by atoms with E-state index in [-0.39, 0.29) is 0 Å². The minimum Gasteiger partial charge on any atom is -0.494 e. The maximum absolute atomic E-state index is 6.45. The van der Waals surface area contributed by atoms with Crippen molar-refractivity contribution in [2.75, 3.05) is 13.2 Å². The average Bonchev–Trinajstić information content (AvgIpc) is 4.07. The van der Waals surface area contributed by atoms with Crippen molar-refractivity contribution in [3.8, 4) is 34.5 Å². The third-order valence-electron chi connectivity index (χ3n) is 16.5. The summed E-state index contributed by atoms with van der Waals surface area (Å²) < 4.78 is 17.4. The fourth-order valence-corrected chi connectivity index (χ4v) is 12.6. The monoisotopic (exact) mass is 1040 g/mol. The topological polar surface area (TPSA) is 67.0 Å². The Balaban J connectivity index is 0.627. The van der Waals surface area contributed by atoms with Crippen molar-refractivity contribution < 1.29 is 9.47 Å². The van der Waals surface area contributed by atoms with Crippen molar-refractivity contribution in [3.63, 3.8) is 0 Å². The summed E-state index contributed by atoms with van der Waals surface area (Å²) in [5.41, 5.74) is 10.6. The van der Waals surface area contributed by atoms with Crippen molar-refractivity contribution in [1.82, 2.24) is 24.1 Å². The van der Waals surface area contributed by atoms with Gasteiger partial charge in [-0.15, -0.1) is 0 Å². The van der Waals surface area contributed by atoms with E-state index in [0.717, 1.165) is 106 Å². The Morgan fingerprint density at radius 3 is 1.20 bits per heavy atom. The van der Waals surface area contributed by atoms with Crippen LogP contribution in [0.15, 0.2) is 224 Å². The highest BCUT2D eigenvalue weighted by Crippen LogP contribution is 2.39. The molecule has 0 radical (unpaired) electrons. The first kappa shape index (κ1) is 47.6. The van der Waals surface area contributed by atoms with Crippen molar-refractivity contribution in [2.24, 2.45) is 0 Å². The molecule has 12 aromatic carbocycles. The van der Waals surface area contributed by atoms with Gasteiger partial charge in [0.2, 0.25) is 0 Å². The van der Waals surface area contributed by atoms with Crippen LogP contribution >= 0.6 is 0 Å². The molecule has 0 saturated heterocycles. The van der Waals surface area contributed by atoms with Crippen LogP contribution in [-0.4, -0.2) is 37.3 Å². The Hall–Kier alpha value is -9.59. The highest BCUT2D eigenvalue weighted by atomic mass is 16.5. The minimum absolute atomic E-state index is 0.603. The predicted molar refractivity (Wildman–Crippen MR) is 330 cm³/mol. The summed E-state index contributed by atoms with van der Waals surface area (Å²) in [5, 5.41) is 16.1. The van der Waals surface area contributed by atoms with Gasteiger partial charge < -0.3 is 18.6 Å². The highest BCUT2D eigenvalue weighted by Gasteiger charge is 2.20. The lowest BCUT2D eigenvalue weighted by Gasteiger charge is -2.14. The molecule has 0 fully saturated rings. The van der Waals surface area contributed by atoms with Gasteiger partial charge in [0.15, 0.2) is 11.6 Å². The Morgan fingerprint density at radius 1 is 0.325 bits per heavy atom. The number of unbranched alkanes of at least 4 members (excludes halogenated alkanes) is 2. The van der Waals surface area contributed by atoms with Crippen LogP contribution in [0.1, 0.15) is 47.9 Å². The molecule has 80 heavy (non-hydrogen) atoms. The number of benzene rings is 12. The molecular formula is C73H57N5O2. The van der Waals surface area contributed by atoms with Gasteiger partial charge in [-0.2, -0.15) is 0 Å². The summed E-state index contributed by atoms with van der Waals surface area (Å²) in [6, 6.07) is 80.5. The van der Waals surface area contributed by atoms with Gasteiger partial charge in [-0.05, 0) is 186 Å². The number of ether oxygens (including phenoxy) is 2. The number of rotatable bonds is 18. The third-order valence-corrected chi connectivity index (χ3v) is 16.5. The molecule has 0 N–H and O–H groups in total. The smallest absolute Gasteiger partial charge is 0.160 e. The number of pyridine rings is 1. The molecule has 15 rings (SSSR count). The molecule has 0 unspecified atom stereocenters. The molecule has 0 aliphatic heterocycles. The number of hydrogen-bond acceptors (Lipinski definition) is 5. The normalized spacial score (nSPS) is 12.0. The SMILES string of the molecule is c1cc(Cn2c(-c3cccc(-c4nc5ccccc5n4Cc4cccc(OCCCCc5ccc6ccc7cccc8ccc5c6c78)c4)n3)nc3ccccc32)cc(OCCCCc2ccc3ccc4cccc5ccc2c3c45)c1. The molecule has 7 nitrogen and oxygen atoms in total. The second kappa shape index (κ2) is 20.3. The molecule has 15 aromatic rings. The molecule has 0 saturated carbocycles. The van der Waals surface area contributed by atoms with Gasteiger partial charge in [0, 0.05) is 13.1 Å². The van der Waals surface area contributed by atoms with Crippen molar-refractivity contribution in [3.05, 3.63) is 247 Å². The van der Waals surface area contributed by atoms with Gasteiger partial charge >= 0.3 is 0 Å². The van der Waals surface area contributed by atoms with E-state index in [4.69, 9.17) is 24.4 Å². The molecule has 0 amide bonds. The number of nitrogens with zero attached hydrogens (tertiary/aromatic N) is 5. The zero-order valence-electron chi connectivity index (χ0n) is 44.5. The lowest BCUT2D eigenvalue weighted by Crippen LogP contribution is -2.06. The summed E-state index contributed by atoms with van der Waals surface area (Å²) in [6.07, 6.45) is 6.05. The van der Waals surface area contributed by atoms with Crippen LogP contribution in [0.5, 0.6) is 11.5 Å². The molecule has 3 heterocycles. The second-order valence-corrected chi connectivity index (χ2v) is 21.5. The zero-order valence-corrected chi connectivity index (χ0v) is 44.5. The molecule has 0 atom stereocenters. The third kappa shape index (κ3) is 8.76. The molecule has 0 aliphatic carbocycles. The van der Waals surface area contributed by atoms with Crippen LogP contribution in [0.25, 0.3) is 110 Å². The fourth-order valence-electron chi connectivity index (χ4n) is 12.6. The molecular weight excluding hydrogens is 979 g/mol. The summed E-state index contributed by atoms with van der Waals surface area (Å²) in [5.74, 6) is 3.35. The molecule has 0 aliphatic rings. The Morgan fingerprint density at radius 2 is 0.725 bits per heavy atom. The lowest BCUT2D eigenvalue weighted by atomic mass is 9.91. The maximum atomic E-state index is 6.45. The van der Waals surface area contributed by atoms with E-state index in [2.05, 4.69) is 221 Å². The molecule has 386 valence electrons. The number of imidazole rings is 2. The lowest BCUT2D eigenvalue weighted by molar-refractivity contribution is 0.306. The van der Waals surface area contributed by atoms with Gasteiger partial charge in [-0.3, -0.25) is 0 Å². The van der Waals surface area contributed by atoms with Crippen molar-refractivity contribution in [1.29, 1.82) is 0 Å². The van der Waals surface area contributed by atoms with E-state index in [1.807, 2.05) is 12.1 Å². The van der Waals surface area contributed by atoms with Gasteiger partial charge in [-0.1, -0.05) is 164 Å². The van der Waals surface area contributed by atoms with Crippen LogP contribution in [0, 0.1) is 0 Å². The van der Waals surface area contributed by atoms with E-state index in [9.17, 15) is 0 Å². The zero-order chi connectivity index (χ0) is 52.9. The van der Waals surface area contributed by atoms with Crippen LogP contribution in [0.3, 0.4) is 0 Å². The molecule has 0 spiro atoms. The number of para-hydroxylation sites is 4. The van der Waals surface area contributed by atoms with Crippen LogP contribution in [0.4, 0.5) is 0 Å². The van der Waals surface area contributed by atoms with Crippen molar-refractivity contribution >= 4 is 86.7 Å². The number of fused-ring (bicyclic) bond motifs is 2. The van der Waals surface area contributed by atoms with Gasteiger partial charge in [-0.25, -0.2) is 15.0 Å². The molecule has 0 bridgehead atoms. The highest BCUT2D eigenvalue weighted by molar-refractivity contribution is 6.24. The van der Waals surface area contributed by atoms with Gasteiger partial charge in [0.1, 0.15) is 22.9 Å². The van der Waals surface area contributed by atoms with Crippen LogP contribution < -0.4 is 9.47 Å². The summed E-state index contributed by atoms with van der Waals surface area (Å²) in [4.78, 5) is 15.8. The van der Waals surface area contributed by atoms with E-state index in [1.165, 1.54) is 75.8 Å². The summed E-state index contributed by atoms with van der Waals surface area (Å²) >= 11 is 0. The van der Waals surface area contributed by atoms with Gasteiger partial charge in [0.05, 0.1) is 35.3 Å². The fraction of sp³-hybridized carbons (Fsp3) is 0.137. The molecule has 3 aromatic heterocycles. The Bertz CT molecular complexity index is 4430. The van der Waals surface area contributed by atoms with E-state index < -0.39 is 0 Å². The van der Waals surface area contributed by atoms with Crippen molar-refractivity contribution in [2.45, 2.75) is 51.6 Å². The summed E-state index contributed by atoms with van der Waals surface area (Å²) in [6.45, 7) is 2.51. The Labute approximate surface area is 464 Å². The average molecular weight is 1040 g/mol. The largest absolute Gasteiger partial charge is 0.494 e. The van der Waals surface area contributed by atoms with Crippen LogP contribution in [0.2, 0.25) is 0 Å².